The van der Waals surface area contributed by atoms with Crippen LogP contribution < -0.4 is 15.5 Å². The number of carbonyl (C=O) groups is 2. The number of hydrogen-bond acceptors (Lipinski definition) is 5. The SMILES string of the molecule is COc1cccc(/C=N/NC(=O)CCC(=O)Nc2ccc(C)cc2C)c1O. The molecule has 2 rings (SSSR count). The van der Waals surface area contributed by atoms with E-state index in [0.29, 0.717) is 11.3 Å². The van der Waals surface area contributed by atoms with Gasteiger partial charge in [-0.05, 0) is 37.6 Å². The minimum Gasteiger partial charge on any atom is -0.504 e. The molecule has 2 aromatic rings. The molecule has 7 nitrogen and oxygen atoms in total. The third kappa shape index (κ3) is 5.85. The number of phenols is 1. The summed E-state index contributed by atoms with van der Waals surface area (Å²) in [5, 5.41) is 16.5. The quantitative estimate of drug-likeness (QED) is 0.516. The van der Waals surface area contributed by atoms with Crippen molar-refractivity contribution >= 4 is 23.7 Å². The molecule has 0 radical (unpaired) electrons. The van der Waals surface area contributed by atoms with Gasteiger partial charge in [-0.25, -0.2) is 5.43 Å². The van der Waals surface area contributed by atoms with Crippen LogP contribution in [0.3, 0.4) is 0 Å². The Kier molecular flexibility index (Phi) is 6.93. The zero-order valence-corrected chi connectivity index (χ0v) is 15.6. The van der Waals surface area contributed by atoms with E-state index in [0.717, 1.165) is 16.8 Å². The third-order valence-corrected chi connectivity index (χ3v) is 3.88. The van der Waals surface area contributed by atoms with Crippen molar-refractivity contribution in [2.24, 2.45) is 5.10 Å². The van der Waals surface area contributed by atoms with Crippen LogP contribution in [0.25, 0.3) is 0 Å². The fraction of sp³-hybridized carbons (Fsp3) is 0.250. The molecule has 0 aromatic heterocycles. The lowest BCUT2D eigenvalue weighted by molar-refractivity contribution is -0.124. The molecule has 0 saturated carbocycles. The summed E-state index contributed by atoms with van der Waals surface area (Å²) in [4.78, 5) is 23.8. The van der Waals surface area contributed by atoms with Crippen molar-refractivity contribution in [2.45, 2.75) is 26.7 Å². The lowest BCUT2D eigenvalue weighted by Crippen LogP contribution is -2.20. The molecular weight excluding hydrogens is 346 g/mol. The maximum absolute atomic E-state index is 12.0. The second-order valence-corrected chi connectivity index (χ2v) is 6.06. The van der Waals surface area contributed by atoms with Gasteiger partial charge < -0.3 is 15.2 Å². The first kappa shape index (κ1) is 20.0. The van der Waals surface area contributed by atoms with Crippen LogP contribution in [0.4, 0.5) is 5.69 Å². The average Bonchev–Trinajstić information content (AvgIpc) is 2.64. The summed E-state index contributed by atoms with van der Waals surface area (Å²) in [5.74, 6) is -0.393. The van der Waals surface area contributed by atoms with Gasteiger partial charge in [-0.2, -0.15) is 5.10 Å². The van der Waals surface area contributed by atoms with E-state index in [-0.39, 0.29) is 24.5 Å². The maximum Gasteiger partial charge on any atom is 0.240 e. The molecule has 0 spiro atoms. The number of hydrazone groups is 1. The monoisotopic (exact) mass is 369 g/mol. The van der Waals surface area contributed by atoms with Crippen LogP contribution in [0.1, 0.15) is 29.5 Å². The number of para-hydroxylation sites is 1. The van der Waals surface area contributed by atoms with Gasteiger partial charge in [0.15, 0.2) is 11.5 Å². The molecule has 0 atom stereocenters. The predicted molar refractivity (Wildman–Crippen MR) is 104 cm³/mol. The molecular formula is C20H23N3O4. The highest BCUT2D eigenvalue weighted by molar-refractivity contribution is 5.94. The summed E-state index contributed by atoms with van der Waals surface area (Å²) in [6.07, 6.45) is 1.35. The molecule has 0 saturated heterocycles. The number of nitrogens with one attached hydrogen (secondary N) is 2. The first-order chi connectivity index (χ1) is 12.9. The van der Waals surface area contributed by atoms with Gasteiger partial charge in [0.1, 0.15) is 0 Å². The first-order valence-electron chi connectivity index (χ1n) is 8.45. The molecule has 27 heavy (non-hydrogen) atoms. The van der Waals surface area contributed by atoms with Gasteiger partial charge in [0.05, 0.1) is 13.3 Å². The van der Waals surface area contributed by atoms with Gasteiger partial charge in [-0.1, -0.05) is 23.8 Å². The smallest absolute Gasteiger partial charge is 0.240 e. The topological polar surface area (TPSA) is 100 Å². The van der Waals surface area contributed by atoms with E-state index in [4.69, 9.17) is 4.74 Å². The van der Waals surface area contributed by atoms with E-state index >= 15 is 0 Å². The summed E-state index contributed by atoms with van der Waals surface area (Å²) in [6, 6.07) is 10.7. The normalized spacial score (nSPS) is 10.6. The Balaban J connectivity index is 1.81. The van der Waals surface area contributed by atoms with E-state index in [9.17, 15) is 14.7 Å². The number of nitrogens with zero attached hydrogens (tertiary/aromatic N) is 1. The van der Waals surface area contributed by atoms with Crippen LogP contribution in [0.15, 0.2) is 41.5 Å². The summed E-state index contributed by atoms with van der Waals surface area (Å²) < 4.78 is 5.00. The number of anilines is 1. The highest BCUT2D eigenvalue weighted by Crippen LogP contribution is 2.27. The highest BCUT2D eigenvalue weighted by Gasteiger charge is 2.09. The Morgan fingerprint density at radius 3 is 2.59 bits per heavy atom. The zero-order valence-electron chi connectivity index (χ0n) is 15.6. The average molecular weight is 369 g/mol. The lowest BCUT2D eigenvalue weighted by Gasteiger charge is -2.08. The highest BCUT2D eigenvalue weighted by atomic mass is 16.5. The van der Waals surface area contributed by atoms with Gasteiger partial charge in [0.25, 0.3) is 0 Å². The van der Waals surface area contributed by atoms with Crippen molar-refractivity contribution in [3.05, 3.63) is 53.1 Å². The number of hydrogen-bond donors (Lipinski definition) is 3. The molecule has 0 bridgehead atoms. The second kappa shape index (κ2) is 9.38. The number of amides is 2. The van der Waals surface area contributed by atoms with E-state index < -0.39 is 5.91 Å². The second-order valence-electron chi connectivity index (χ2n) is 6.06. The van der Waals surface area contributed by atoms with Crippen molar-refractivity contribution in [3.8, 4) is 11.5 Å². The largest absolute Gasteiger partial charge is 0.504 e. The lowest BCUT2D eigenvalue weighted by atomic mass is 10.1. The number of phenolic OH excluding ortho intramolecular Hbond substituents is 1. The first-order valence-corrected chi connectivity index (χ1v) is 8.45. The summed E-state index contributed by atoms with van der Waals surface area (Å²) in [5.41, 5.74) is 5.55. The molecule has 7 heteroatoms. The molecule has 0 fully saturated rings. The summed E-state index contributed by atoms with van der Waals surface area (Å²) in [6.45, 7) is 3.90. The number of carbonyl (C=O) groups excluding carboxylic acids is 2. The Morgan fingerprint density at radius 2 is 1.89 bits per heavy atom. The molecule has 0 aliphatic heterocycles. The van der Waals surface area contributed by atoms with Crippen LogP contribution in [0.2, 0.25) is 0 Å². The van der Waals surface area contributed by atoms with E-state index in [2.05, 4.69) is 15.8 Å². The fourth-order valence-corrected chi connectivity index (χ4v) is 2.43. The molecule has 2 aromatic carbocycles. The van der Waals surface area contributed by atoms with Gasteiger partial charge in [-0.3, -0.25) is 9.59 Å². The molecule has 142 valence electrons. The number of methoxy groups -OCH3 is 1. The van der Waals surface area contributed by atoms with Crippen LogP contribution in [-0.2, 0) is 9.59 Å². The van der Waals surface area contributed by atoms with Crippen LogP contribution in [0.5, 0.6) is 11.5 Å². The van der Waals surface area contributed by atoms with E-state index in [1.165, 1.54) is 13.3 Å². The van der Waals surface area contributed by atoms with Crippen molar-refractivity contribution in [3.63, 3.8) is 0 Å². The van der Waals surface area contributed by atoms with Crippen molar-refractivity contribution in [2.75, 3.05) is 12.4 Å². The number of rotatable bonds is 7. The van der Waals surface area contributed by atoms with Crippen molar-refractivity contribution < 1.29 is 19.4 Å². The van der Waals surface area contributed by atoms with E-state index in [1.54, 1.807) is 18.2 Å². The number of aryl methyl sites for hydroxylation is 2. The van der Waals surface area contributed by atoms with E-state index in [1.807, 2.05) is 32.0 Å². The molecule has 3 N–H and O–H groups in total. The Hall–Kier alpha value is -3.35. The van der Waals surface area contributed by atoms with Gasteiger partial charge in [0.2, 0.25) is 11.8 Å². The molecule has 0 aliphatic rings. The van der Waals surface area contributed by atoms with Gasteiger partial charge in [-0.15, -0.1) is 0 Å². The Morgan fingerprint density at radius 1 is 1.15 bits per heavy atom. The zero-order chi connectivity index (χ0) is 19.8. The summed E-state index contributed by atoms with van der Waals surface area (Å²) in [7, 11) is 1.45. The van der Waals surface area contributed by atoms with Crippen LogP contribution in [0, 0.1) is 13.8 Å². The Labute approximate surface area is 158 Å². The van der Waals surface area contributed by atoms with Crippen molar-refractivity contribution in [1.29, 1.82) is 0 Å². The summed E-state index contributed by atoms with van der Waals surface area (Å²) >= 11 is 0. The minimum atomic E-state index is -0.399. The number of benzene rings is 2. The fourth-order valence-electron chi connectivity index (χ4n) is 2.43. The number of ether oxygens (including phenoxy) is 1. The molecule has 0 unspecified atom stereocenters. The van der Waals surface area contributed by atoms with Crippen LogP contribution in [-0.4, -0.2) is 30.2 Å². The third-order valence-electron chi connectivity index (χ3n) is 3.88. The predicted octanol–water partition coefficient (Wildman–Crippen LogP) is 2.89. The van der Waals surface area contributed by atoms with Crippen LogP contribution >= 0.6 is 0 Å². The van der Waals surface area contributed by atoms with Crippen molar-refractivity contribution in [1.82, 2.24) is 5.43 Å². The Bertz CT molecular complexity index is 862. The minimum absolute atomic E-state index is 0.00181. The standard InChI is InChI=1S/C20H23N3O4/c1-13-7-8-16(14(2)11-13)22-18(24)9-10-19(25)23-21-12-15-5-4-6-17(27-3)20(15)26/h4-8,11-12,26H,9-10H2,1-3H3,(H,22,24)(H,23,25)/b21-12+. The molecule has 0 aliphatic carbocycles. The van der Waals surface area contributed by atoms with Gasteiger partial charge >= 0.3 is 0 Å². The van der Waals surface area contributed by atoms with Gasteiger partial charge in [0, 0.05) is 24.1 Å². The maximum atomic E-state index is 12.0. The molecule has 2 amide bonds. The number of aromatic hydroxyl groups is 1. The molecule has 0 heterocycles.